The molecular formula is C22H24N2O4. The average molecular weight is 380 g/mol. The van der Waals surface area contributed by atoms with E-state index in [1.165, 1.54) is 0 Å². The summed E-state index contributed by atoms with van der Waals surface area (Å²) in [7, 11) is 1.56. The fourth-order valence-electron chi connectivity index (χ4n) is 2.75. The van der Waals surface area contributed by atoms with Crippen LogP contribution in [0.1, 0.15) is 42.6 Å². The number of Topliss-reactive ketones (excluding diaryl/α,β-unsaturated/α-hetero) is 1. The van der Waals surface area contributed by atoms with Crippen molar-refractivity contribution in [3.8, 4) is 22.9 Å². The Morgan fingerprint density at radius 3 is 2.39 bits per heavy atom. The van der Waals surface area contributed by atoms with Gasteiger partial charge in [0.25, 0.3) is 0 Å². The maximum Gasteiger partial charge on any atom is 0.223 e. The first-order chi connectivity index (χ1) is 13.3. The van der Waals surface area contributed by atoms with Gasteiger partial charge in [0, 0.05) is 23.5 Å². The van der Waals surface area contributed by atoms with Crippen LogP contribution in [0.25, 0.3) is 11.4 Å². The number of nitrogens with zero attached hydrogens (tertiary/aromatic N) is 2. The number of carbonyl (C=O) groups excluding carboxylic acids is 1. The molecule has 0 aliphatic rings. The van der Waals surface area contributed by atoms with E-state index in [1.54, 1.807) is 26.2 Å². The van der Waals surface area contributed by atoms with Gasteiger partial charge in [-0.1, -0.05) is 56.3 Å². The fraction of sp³-hybridized carbons (Fsp3) is 0.318. The van der Waals surface area contributed by atoms with Gasteiger partial charge in [0.2, 0.25) is 11.7 Å². The minimum Gasteiger partial charge on any atom is -0.493 e. The highest BCUT2D eigenvalue weighted by Crippen LogP contribution is 2.38. The zero-order valence-corrected chi connectivity index (χ0v) is 16.8. The maximum atomic E-state index is 13.1. The van der Waals surface area contributed by atoms with E-state index in [0.717, 1.165) is 5.56 Å². The predicted octanol–water partition coefficient (Wildman–Crippen LogP) is 4.86. The second-order valence-corrected chi connectivity index (χ2v) is 7.54. The van der Waals surface area contributed by atoms with Crippen molar-refractivity contribution in [2.45, 2.75) is 34.3 Å². The summed E-state index contributed by atoms with van der Waals surface area (Å²) in [6.07, 6.45) is 0. The van der Waals surface area contributed by atoms with E-state index in [9.17, 15) is 4.79 Å². The molecular weight excluding hydrogens is 356 g/mol. The third-order valence-electron chi connectivity index (χ3n) is 4.24. The molecule has 0 saturated carbocycles. The van der Waals surface area contributed by atoms with Crippen LogP contribution in [-0.2, 0) is 6.61 Å². The highest BCUT2D eigenvalue weighted by atomic mass is 16.5. The van der Waals surface area contributed by atoms with E-state index in [-0.39, 0.29) is 5.78 Å². The lowest BCUT2D eigenvalue weighted by atomic mass is 9.84. The number of hydrogen-bond acceptors (Lipinski definition) is 6. The first-order valence-corrected chi connectivity index (χ1v) is 9.04. The third kappa shape index (κ3) is 4.22. The topological polar surface area (TPSA) is 74.5 Å². The van der Waals surface area contributed by atoms with Crippen molar-refractivity contribution in [2.75, 3.05) is 7.11 Å². The van der Waals surface area contributed by atoms with Crippen molar-refractivity contribution < 1.29 is 18.8 Å². The van der Waals surface area contributed by atoms with Gasteiger partial charge in [-0.05, 0) is 17.7 Å². The molecule has 0 fully saturated rings. The van der Waals surface area contributed by atoms with Gasteiger partial charge in [-0.2, -0.15) is 4.98 Å². The van der Waals surface area contributed by atoms with Crippen molar-refractivity contribution in [1.82, 2.24) is 10.1 Å². The number of methoxy groups -OCH3 is 1. The van der Waals surface area contributed by atoms with Crippen LogP contribution in [0.15, 0.2) is 47.0 Å². The van der Waals surface area contributed by atoms with E-state index in [4.69, 9.17) is 14.0 Å². The second kappa shape index (κ2) is 7.84. The molecule has 3 aromatic rings. The van der Waals surface area contributed by atoms with Crippen LogP contribution in [0.2, 0.25) is 0 Å². The Labute approximate surface area is 164 Å². The van der Waals surface area contributed by atoms with Crippen LogP contribution in [-0.4, -0.2) is 23.0 Å². The van der Waals surface area contributed by atoms with E-state index in [1.807, 2.05) is 51.1 Å². The van der Waals surface area contributed by atoms with Crippen molar-refractivity contribution in [3.63, 3.8) is 0 Å². The van der Waals surface area contributed by atoms with Crippen molar-refractivity contribution in [1.29, 1.82) is 0 Å². The van der Waals surface area contributed by atoms with Gasteiger partial charge in [0.05, 0.1) is 7.11 Å². The highest BCUT2D eigenvalue weighted by Gasteiger charge is 2.29. The molecule has 0 saturated heterocycles. The van der Waals surface area contributed by atoms with E-state index in [2.05, 4.69) is 10.1 Å². The quantitative estimate of drug-likeness (QED) is 0.569. The van der Waals surface area contributed by atoms with Crippen molar-refractivity contribution in [3.05, 3.63) is 59.5 Å². The van der Waals surface area contributed by atoms with Gasteiger partial charge in [-0.3, -0.25) is 4.79 Å². The van der Waals surface area contributed by atoms with Gasteiger partial charge < -0.3 is 14.0 Å². The van der Waals surface area contributed by atoms with E-state index < -0.39 is 5.41 Å². The Morgan fingerprint density at radius 1 is 1.11 bits per heavy atom. The smallest absolute Gasteiger partial charge is 0.223 e. The molecule has 1 aromatic heterocycles. The van der Waals surface area contributed by atoms with Gasteiger partial charge >= 0.3 is 0 Å². The summed E-state index contributed by atoms with van der Waals surface area (Å²) in [6, 6.07) is 13.2. The standard InChI is InChI=1S/C22H24N2O4/c1-14-23-21(24-28-14)17-12-18(26-5)19(11-16(17)20(25)22(2,3)4)27-13-15-9-7-6-8-10-15/h6-12H,13H2,1-5H3. The minimum absolute atomic E-state index is 0.0443. The van der Waals surface area contributed by atoms with Gasteiger partial charge in [-0.15, -0.1) is 0 Å². The molecule has 0 amide bonds. The summed E-state index contributed by atoms with van der Waals surface area (Å²) < 4.78 is 16.6. The lowest BCUT2D eigenvalue weighted by Crippen LogP contribution is -2.21. The van der Waals surface area contributed by atoms with E-state index >= 15 is 0 Å². The molecule has 28 heavy (non-hydrogen) atoms. The monoisotopic (exact) mass is 380 g/mol. The van der Waals surface area contributed by atoms with Crippen LogP contribution in [0.5, 0.6) is 11.5 Å². The van der Waals surface area contributed by atoms with Gasteiger partial charge in [0.15, 0.2) is 17.3 Å². The summed E-state index contributed by atoms with van der Waals surface area (Å²) >= 11 is 0. The molecule has 146 valence electrons. The molecule has 0 aliphatic carbocycles. The molecule has 0 radical (unpaired) electrons. The molecule has 0 bridgehead atoms. The number of rotatable bonds is 6. The number of hydrogen-bond donors (Lipinski definition) is 0. The van der Waals surface area contributed by atoms with Crippen molar-refractivity contribution >= 4 is 5.78 Å². The van der Waals surface area contributed by atoms with Crippen LogP contribution >= 0.6 is 0 Å². The summed E-state index contributed by atoms with van der Waals surface area (Å²) in [5.74, 6) is 1.71. The summed E-state index contributed by atoms with van der Waals surface area (Å²) in [4.78, 5) is 17.4. The van der Waals surface area contributed by atoms with Gasteiger partial charge in [0.1, 0.15) is 6.61 Å². The average Bonchev–Trinajstić information content (AvgIpc) is 3.11. The summed E-state index contributed by atoms with van der Waals surface area (Å²) in [6.45, 7) is 7.68. The SMILES string of the molecule is COc1cc(-c2noc(C)n2)c(C(=O)C(C)(C)C)cc1OCc1ccccc1. The van der Waals surface area contributed by atoms with Gasteiger partial charge in [-0.25, -0.2) is 0 Å². The summed E-state index contributed by atoms with van der Waals surface area (Å²) in [5.41, 5.74) is 1.46. The van der Waals surface area contributed by atoms with Crippen LogP contribution in [0.3, 0.4) is 0 Å². The first-order valence-electron chi connectivity index (χ1n) is 9.04. The molecule has 0 unspecified atom stereocenters. The Kier molecular flexibility index (Phi) is 5.49. The Bertz CT molecular complexity index is 972. The molecule has 0 aliphatic heterocycles. The van der Waals surface area contributed by atoms with Crippen LogP contribution in [0.4, 0.5) is 0 Å². The van der Waals surface area contributed by atoms with Crippen LogP contribution in [0, 0.1) is 12.3 Å². The second-order valence-electron chi connectivity index (χ2n) is 7.54. The predicted molar refractivity (Wildman–Crippen MR) is 106 cm³/mol. The Hall–Kier alpha value is -3.15. The molecule has 0 spiro atoms. The number of carbonyl (C=O) groups is 1. The van der Waals surface area contributed by atoms with E-state index in [0.29, 0.717) is 40.9 Å². The lowest BCUT2D eigenvalue weighted by Gasteiger charge is -2.20. The van der Waals surface area contributed by atoms with Crippen LogP contribution < -0.4 is 9.47 Å². The molecule has 6 nitrogen and oxygen atoms in total. The lowest BCUT2D eigenvalue weighted by molar-refractivity contribution is 0.0858. The fourth-order valence-corrected chi connectivity index (χ4v) is 2.75. The molecule has 3 rings (SSSR count). The van der Waals surface area contributed by atoms with Crippen molar-refractivity contribution in [2.24, 2.45) is 5.41 Å². The number of benzene rings is 2. The highest BCUT2D eigenvalue weighted by molar-refractivity contribution is 6.05. The third-order valence-corrected chi connectivity index (χ3v) is 4.24. The summed E-state index contributed by atoms with van der Waals surface area (Å²) in [5, 5.41) is 3.98. The molecule has 6 heteroatoms. The number of aromatic nitrogens is 2. The molecule has 0 atom stereocenters. The maximum absolute atomic E-state index is 13.1. The molecule has 2 aromatic carbocycles. The molecule has 0 N–H and O–H groups in total. The zero-order valence-electron chi connectivity index (χ0n) is 16.8. The Balaban J connectivity index is 2.06. The largest absolute Gasteiger partial charge is 0.493 e. The number of ketones is 1. The zero-order chi connectivity index (χ0) is 20.3. The Morgan fingerprint density at radius 2 is 1.82 bits per heavy atom. The normalized spacial score (nSPS) is 11.3. The number of aryl methyl sites for hydroxylation is 1. The number of ether oxygens (including phenoxy) is 2. The minimum atomic E-state index is -0.585. The molecule has 1 heterocycles. The first kappa shape index (κ1) is 19.6.